The van der Waals surface area contributed by atoms with Crippen molar-refractivity contribution < 1.29 is 17.9 Å². The molecule has 2 aromatic carbocycles. The highest BCUT2D eigenvalue weighted by Gasteiger charge is 2.29. The third-order valence-corrected chi connectivity index (χ3v) is 7.64. The highest BCUT2D eigenvalue weighted by molar-refractivity contribution is 7.89. The van der Waals surface area contributed by atoms with Gasteiger partial charge in [-0.3, -0.25) is 4.79 Å². The molecule has 0 bridgehead atoms. The fraction of sp³-hybridized carbons (Fsp3) is 0.435. The number of anilines is 1. The second-order valence-electron chi connectivity index (χ2n) is 7.82. The number of amides is 1. The summed E-state index contributed by atoms with van der Waals surface area (Å²) in [7, 11) is -3.45. The summed E-state index contributed by atoms with van der Waals surface area (Å²) in [6.07, 6.45) is 4.65. The van der Waals surface area contributed by atoms with Crippen LogP contribution < -0.4 is 9.64 Å². The van der Waals surface area contributed by atoms with Crippen molar-refractivity contribution in [2.45, 2.75) is 43.4 Å². The number of fused-ring (bicyclic) bond motifs is 1. The van der Waals surface area contributed by atoms with Gasteiger partial charge in [0.05, 0.1) is 11.5 Å². The van der Waals surface area contributed by atoms with Crippen molar-refractivity contribution in [1.29, 1.82) is 0 Å². The van der Waals surface area contributed by atoms with Crippen molar-refractivity contribution in [1.82, 2.24) is 4.31 Å². The Hall–Kier alpha value is -2.38. The van der Waals surface area contributed by atoms with E-state index in [4.69, 9.17) is 4.74 Å². The van der Waals surface area contributed by atoms with Crippen molar-refractivity contribution in [3.05, 3.63) is 54.1 Å². The molecule has 2 aromatic rings. The van der Waals surface area contributed by atoms with Crippen molar-refractivity contribution in [3.8, 4) is 5.75 Å². The number of carbonyl (C=O) groups excluding carboxylic acids is 1. The zero-order valence-electron chi connectivity index (χ0n) is 17.1. The van der Waals surface area contributed by atoms with E-state index in [1.807, 2.05) is 30.3 Å². The molecule has 7 heteroatoms. The average molecular weight is 429 g/mol. The number of piperidine rings is 1. The molecule has 0 atom stereocenters. The molecule has 0 radical (unpaired) electrons. The van der Waals surface area contributed by atoms with E-state index in [1.165, 1.54) is 0 Å². The summed E-state index contributed by atoms with van der Waals surface area (Å²) in [6, 6.07) is 14.8. The lowest BCUT2D eigenvalue weighted by Crippen LogP contribution is -2.35. The Balaban J connectivity index is 1.36. The molecule has 6 nitrogen and oxygen atoms in total. The lowest BCUT2D eigenvalue weighted by Gasteiger charge is -2.26. The van der Waals surface area contributed by atoms with Crippen LogP contribution in [0, 0.1) is 0 Å². The van der Waals surface area contributed by atoms with E-state index in [0.717, 1.165) is 36.3 Å². The number of nitrogens with zero attached hydrogens (tertiary/aromatic N) is 2. The number of para-hydroxylation sites is 1. The molecule has 4 rings (SSSR count). The Morgan fingerprint density at radius 1 is 0.967 bits per heavy atom. The number of hydrogen-bond acceptors (Lipinski definition) is 4. The molecule has 0 spiro atoms. The summed E-state index contributed by atoms with van der Waals surface area (Å²) in [4.78, 5) is 14.8. The van der Waals surface area contributed by atoms with E-state index in [1.54, 1.807) is 27.4 Å². The minimum atomic E-state index is -3.45. The normalized spacial score (nSPS) is 17.0. The maximum Gasteiger partial charge on any atom is 0.243 e. The van der Waals surface area contributed by atoms with Crippen LogP contribution in [0.5, 0.6) is 5.75 Å². The smallest absolute Gasteiger partial charge is 0.243 e. The predicted molar refractivity (Wildman–Crippen MR) is 116 cm³/mol. The van der Waals surface area contributed by atoms with Crippen LogP contribution in [0.4, 0.5) is 5.69 Å². The summed E-state index contributed by atoms with van der Waals surface area (Å²) in [6.45, 7) is 2.27. The molecule has 2 heterocycles. The van der Waals surface area contributed by atoms with Crippen molar-refractivity contribution in [3.63, 3.8) is 0 Å². The summed E-state index contributed by atoms with van der Waals surface area (Å²) in [5.74, 6) is 0.857. The minimum Gasteiger partial charge on any atom is -0.494 e. The number of hydrogen-bond donors (Lipinski definition) is 0. The van der Waals surface area contributed by atoms with Gasteiger partial charge in [0.25, 0.3) is 0 Å². The molecule has 2 aliphatic heterocycles. The van der Waals surface area contributed by atoms with E-state index in [9.17, 15) is 13.2 Å². The number of ether oxygens (including phenoxy) is 1. The molecular formula is C23H28N2O4S. The van der Waals surface area contributed by atoms with Gasteiger partial charge >= 0.3 is 0 Å². The highest BCUT2D eigenvalue weighted by atomic mass is 32.2. The molecule has 0 aromatic heterocycles. The van der Waals surface area contributed by atoms with E-state index in [2.05, 4.69) is 0 Å². The second-order valence-corrected chi connectivity index (χ2v) is 9.75. The van der Waals surface area contributed by atoms with Gasteiger partial charge in [0.2, 0.25) is 15.9 Å². The van der Waals surface area contributed by atoms with E-state index in [-0.39, 0.29) is 5.91 Å². The molecular weight excluding hydrogens is 400 g/mol. The van der Waals surface area contributed by atoms with Crippen LogP contribution in [-0.4, -0.2) is 44.9 Å². The van der Waals surface area contributed by atoms with Crippen LogP contribution >= 0.6 is 0 Å². The van der Waals surface area contributed by atoms with Gasteiger partial charge in [0, 0.05) is 31.7 Å². The lowest BCUT2D eigenvalue weighted by molar-refractivity contribution is -0.118. The molecule has 160 valence electrons. The number of benzene rings is 2. The fourth-order valence-electron chi connectivity index (χ4n) is 4.12. The van der Waals surface area contributed by atoms with E-state index in [0.29, 0.717) is 50.4 Å². The van der Waals surface area contributed by atoms with Crippen molar-refractivity contribution >= 4 is 21.6 Å². The molecule has 1 amide bonds. The van der Waals surface area contributed by atoms with Crippen LogP contribution in [0.15, 0.2) is 53.4 Å². The molecule has 0 aliphatic carbocycles. The van der Waals surface area contributed by atoms with E-state index < -0.39 is 10.0 Å². The zero-order chi connectivity index (χ0) is 21.0. The third-order valence-electron chi connectivity index (χ3n) is 5.75. The van der Waals surface area contributed by atoms with Crippen LogP contribution in [0.25, 0.3) is 0 Å². The topological polar surface area (TPSA) is 66.9 Å². The summed E-state index contributed by atoms with van der Waals surface area (Å²) in [5, 5.41) is 0. The standard InChI is InChI=1S/C23H28N2O4S/c26-23(10-7-17-29-20-8-3-1-4-9-20)25-16-13-19-18-21(11-12-22(19)25)30(27,28)24-14-5-2-6-15-24/h1,3-4,8-9,11-12,18H,2,5-7,10,13-17H2. The Morgan fingerprint density at radius 3 is 2.50 bits per heavy atom. The molecule has 0 N–H and O–H groups in total. The van der Waals surface area contributed by atoms with Crippen molar-refractivity contribution in [2.24, 2.45) is 0 Å². The van der Waals surface area contributed by atoms with Gasteiger partial charge in [0.1, 0.15) is 5.75 Å². The molecule has 0 unspecified atom stereocenters. The van der Waals surface area contributed by atoms with Gasteiger partial charge in [0.15, 0.2) is 0 Å². The second kappa shape index (κ2) is 9.18. The van der Waals surface area contributed by atoms with Gasteiger partial charge in [-0.2, -0.15) is 4.31 Å². The maximum absolute atomic E-state index is 12.9. The van der Waals surface area contributed by atoms with Crippen LogP contribution in [0.3, 0.4) is 0 Å². The van der Waals surface area contributed by atoms with Gasteiger partial charge in [-0.15, -0.1) is 0 Å². The van der Waals surface area contributed by atoms with Crippen molar-refractivity contribution in [2.75, 3.05) is 31.1 Å². The monoisotopic (exact) mass is 428 g/mol. The maximum atomic E-state index is 12.9. The van der Waals surface area contributed by atoms with Crippen LogP contribution in [-0.2, 0) is 21.2 Å². The number of carbonyl (C=O) groups is 1. The SMILES string of the molecule is O=C(CCCOc1ccccc1)N1CCc2cc(S(=O)(=O)N3CCCCC3)ccc21. The Bertz CT molecular complexity index is 986. The third kappa shape index (κ3) is 4.52. The first-order chi connectivity index (χ1) is 14.6. The number of rotatable bonds is 7. The summed E-state index contributed by atoms with van der Waals surface area (Å²) >= 11 is 0. The predicted octanol–water partition coefficient (Wildman–Crippen LogP) is 3.61. The first kappa shape index (κ1) is 20.9. The van der Waals surface area contributed by atoms with Crippen LogP contribution in [0.1, 0.15) is 37.7 Å². The summed E-state index contributed by atoms with van der Waals surface area (Å²) < 4.78 is 33.1. The average Bonchev–Trinajstić information content (AvgIpc) is 3.21. The van der Waals surface area contributed by atoms with Gasteiger partial charge in [-0.25, -0.2) is 8.42 Å². The van der Waals surface area contributed by atoms with Gasteiger partial charge in [-0.1, -0.05) is 24.6 Å². The first-order valence-corrected chi connectivity index (χ1v) is 12.1. The molecule has 30 heavy (non-hydrogen) atoms. The Labute approximate surface area is 178 Å². The molecule has 1 saturated heterocycles. The van der Waals surface area contributed by atoms with Gasteiger partial charge < -0.3 is 9.64 Å². The molecule has 0 saturated carbocycles. The van der Waals surface area contributed by atoms with E-state index >= 15 is 0 Å². The lowest BCUT2D eigenvalue weighted by atomic mass is 10.2. The summed E-state index contributed by atoms with van der Waals surface area (Å²) in [5.41, 5.74) is 1.77. The van der Waals surface area contributed by atoms with Gasteiger partial charge in [-0.05, 0) is 61.6 Å². The quantitative estimate of drug-likeness (QED) is 0.632. The molecule has 1 fully saturated rings. The largest absolute Gasteiger partial charge is 0.494 e. The Kier molecular flexibility index (Phi) is 6.39. The first-order valence-electron chi connectivity index (χ1n) is 10.7. The Morgan fingerprint density at radius 2 is 1.73 bits per heavy atom. The zero-order valence-corrected chi connectivity index (χ0v) is 17.9. The molecule has 2 aliphatic rings. The fourth-order valence-corrected chi connectivity index (χ4v) is 5.69. The highest BCUT2D eigenvalue weighted by Crippen LogP contribution is 2.32. The minimum absolute atomic E-state index is 0.0528. The number of sulfonamides is 1. The van der Waals surface area contributed by atoms with Crippen LogP contribution in [0.2, 0.25) is 0 Å².